The Labute approximate surface area is 78.1 Å². The highest BCUT2D eigenvalue weighted by Gasteiger charge is 2.25. The number of amides is 2. The number of rotatable bonds is 4. The minimum atomic E-state index is -0.500. The maximum atomic E-state index is 11.1. The molecule has 0 aromatic carbocycles. The minimum absolute atomic E-state index is 0.254. The number of nitrogens with one attached hydrogen (secondary N) is 2. The van der Waals surface area contributed by atoms with Gasteiger partial charge in [0.25, 0.3) is 0 Å². The predicted octanol–water partition coefficient (Wildman–Crippen LogP) is 0.181. The molecule has 0 unspecified atom stereocenters. The van der Waals surface area contributed by atoms with Crippen molar-refractivity contribution in [1.29, 1.82) is 0 Å². The lowest BCUT2D eigenvalue weighted by Gasteiger charge is -2.03. The van der Waals surface area contributed by atoms with Crippen molar-refractivity contribution in [3.8, 4) is 0 Å². The fourth-order valence-corrected chi connectivity index (χ4v) is 0.938. The van der Waals surface area contributed by atoms with E-state index in [0.29, 0.717) is 6.54 Å². The van der Waals surface area contributed by atoms with Crippen molar-refractivity contribution in [2.24, 2.45) is 0 Å². The van der Waals surface area contributed by atoms with Crippen LogP contribution in [0, 0.1) is 0 Å². The van der Waals surface area contributed by atoms with Gasteiger partial charge in [-0.25, -0.2) is 0 Å². The van der Waals surface area contributed by atoms with Crippen LogP contribution in [-0.4, -0.2) is 24.4 Å². The molecule has 4 nitrogen and oxygen atoms in total. The van der Waals surface area contributed by atoms with Crippen molar-refractivity contribution in [1.82, 2.24) is 10.6 Å². The van der Waals surface area contributed by atoms with Gasteiger partial charge in [0.1, 0.15) is 0 Å². The molecule has 2 N–H and O–H groups in total. The van der Waals surface area contributed by atoms with E-state index in [9.17, 15) is 9.59 Å². The number of hydrogen-bond donors (Lipinski definition) is 2. The van der Waals surface area contributed by atoms with Crippen LogP contribution >= 0.6 is 0 Å². The molecular formula is C9H16N2O2. The Morgan fingerprint density at radius 1 is 1.31 bits per heavy atom. The minimum Gasteiger partial charge on any atom is -0.348 e. The molecule has 0 aromatic heterocycles. The van der Waals surface area contributed by atoms with Gasteiger partial charge in [0, 0.05) is 12.6 Å². The SMILES string of the molecule is CCCCNC(=O)C(=O)NC1CC1. The molecule has 1 aliphatic carbocycles. The normalized spacial score (nSPS) is 15.2. The third-order valence-corrected chi connectivity index (χ3v) is 1.93. The van der Waals surface area contributed by atoms with E-state index < -0.39 is 11.8 Å². The topological polar surface area (TPSA) is 58.2 Å². The summed E-state index contributed by atoms with van der Waals surface area (Å²) < 4.78 is 0. The molecule has 0 spiro atoms. The molecule has 0 bridgehead atoms. The standard InChI is InChI=1S/C9H16N2O2/c1-2-3-6-10-8(12)9(13)11-7-4-5-7/h7H,2-6H2,1H3,(H,10,12)(H,11,13). The van der Waals surface area contributed by atoms with Gasteiger partial charge in [0.05, 0.1) is 0 Å². The average molecular weight is 184 g/mol. The van der Waals surface area contributed by atoms with Gasteiger partial charge in [-0.15, -0.1) is 0 Å². The lowest BCUT2D eigenvalue weighted by atomic mass is 10.3. The van der Waals surface area contributed by atoms with Crippen LogP contribution in [0.2, 0.25) is 0 Å². The quantitative estimate of drug-likeness (QED) is 0.483. The van der Waals surface area contributed by atoms with E-state index in [1.54, 1.807) is 0 Å². The molecule has 74 valence electrons. The summed E-state index contributed by atoms with van der Waals surface area (Å²) in [5, 5.41) is 5.20. The maximum absolute atomic E-state index is 11.1. The van der Waals surface area contributed by atoms with Crippen molar-refractivity contribution in [3.63, 3.8) is 0 Å². The second kappa shape index (κ2) is 4.84. The van der Waals surface area contributed by atoms with E-state index in [2.05, 4.69) is 10.6 Å². The molecule has 0 saturated heterocycles. The van der Waals surface area contributed by atoms with Crippen LogP contribution < -0.4 is 10.6 Å². The summed E-state index contributed by atoms with van der Waals surface area (Å²) in [6, 6.07) is 0.254. The van der Waals surface area contributed by atoms with Crippen molar-refractivity contribution < 1.29 is 9.59 Å². The fraction of sp³-hybridized carbons (Fsp3) is 0.778. The smallest absolute Gasteiger partial charge is 0.309 e. The van der Waals surface area contributed by atoms with E-state index in [1.807, 2.05) is 6.92 Å². The largest absolute Gasteiger partial charge is 0.348 e. The first-order valence-corrected chi connectivity index (χ1v) is 4.82. The molecule has 1 saturated carbocycles. The second-order valence-corrected chi connectivity index (χ2v) is 3.36. The molecule has 2 amide bonds. The van der Waals surface area contributed by atoms with Gasteiger partial charge in [-0.05, 0) is 19.3 Å². The molecule has 4 heteroatoms. The van der Waals surface area contributed by atoms with Gasteiger partial charge < -0.3 is 10.6 Å². The first-order valence-electron chi connectivity index (χ1n) is 4.82. The molecule has 0 atom stereocenters. The Hall–Kier alpha value is -1.06. The predicted molar refractivity (Wildman–Crippen MR) is 49.1 cm³/mol. The van der Waals surface area contributed by atoms with Crippen LogP contribution in [0.4, 0.5) is 0 Å². The van der Waals surface area contributed by atoms with Gasteiger partial charge in [0.15, 0.2) is 0 Å². The molecule has 0 aliphatic heterocycles. The van der Waals surface area contributed by atoms with Crippen LogP contribution in [0.25, 0.3) is 0 Å². The highest BCUT2D eigenvalue weighted by Crippen LogP contribution is 2.18. The second-order valence-electron chi connectivity index (χ2n) is 3.36. The van der Waals surface area contributed by atoms with Crippen molar-refractivity contribution in [2.75, 3.05) is 6.54 Å². The van der Waals surface area contributed by atoms with Crippen molar-refractivity contribution in [2.45, 2.75) is 38.6 Å². The maximum Gasteiger partial charge on any atom is 0.309 e. The van der Waals surface area contributed by atoms with E-state index in [-0.39, 0.29) is 6.04 Å². The summed E-state index contributed by atoms with van der Waals surface area (Å²) in [4.78, 5) is 22.1. The summed E-state index contributed by atoms with van der Waals surface area (Å²) in [5.74, 6) is -0.987. The zero-order valence-electron chi connectivity index (χ0n) is 7.93. The molecule has 1 fully saturated rings. The Morgan fingerprint density at radius 3 is 2.54 bits per heavy atom. The summed E-state index contributed by atoms with van der Waals surface area (Å²) >= 11 is 0. The van der Waals surface area contributed by atoms with Crippen LogP contribution in [0.15, 0.2) is 0 Å². The number of carbonyl (C=O) groups excluding carboxylic acids is 2. The van der Waals surface area contributed by atoms with Crippen molar-refractivity contribution >= 4 is 11.8 Å². The molecule has 0 heterocycles. The first-order chi connectivity index (χ1) is 6.24. The number of hydrogen-bond acceptors (Lipinski definition) is 2. The molecule has 1 rings (SSSR count). The summed E-state index contributed by atoms with van der Waals surface area (Å²) in [5.41, 5.74) is 0. The van der Waals surface area contributed by atoms with Gasteiger partial charge in [0.2, 0.25) is 0 Å². The number of carbonyl (C=O) groups is 2. The summed E-state index contributed by atoms with van der Waals surface area (Å²) in [7, 11) is 0. The summed E-state index contributed by atoms with van der Waals surface area (Å²) in [6.07, 6.45) is 3.95. The van der Waals surface area contributed by atoms with E-state index in [0.717, 1.165) is 25.7 Å². The zero-order valence-corrected chi connectivity index (χ0v) is 7.93. The Morgan fingerprint density at radius 2 is 2.00 bits per heavy atom. The Balaban J connectivity index is 2.09. The number of unbranched alkanes of at least 4 members (excludes halogenated alkanes) is 1. The average Bonchev–Trinajstić information content (AvgIpc) is 2.88. The molecular weight excluding hydrogens is 168 g/mol. The first kappa shape index (κ1) is 10.0. The van der Waals surface area contributed by atoms with Gasteiger partial charge in [-0.2, -0.15) is 0 Å². The lowest BCUT2D eigenvalue weighted by Crippen LogP contribution is -2.41. The van der Waals surface area contributed by atoms with Gasteiger partial charge in [-0.1, -0.05) is 13.3 Å². The van der Waals surface area contributed by atoms with E-state index in [1.165, 1.54) is 0 Å². The van der Waals surface area contributed by atoms with Crippen LogP contribution in [0.5, 0.6) is 0 Å². The van der Waals surface area contributed by atoms with Crippen molar-refractivity contribution in [3.05, 3.63) is 0 Å². The lowest BCUT2D eigenvalue weighted by molar-refractivity contribution is -0.139. The fourth-order valence-electron chi connectivity index (χ4n) is 0.938. The third kappa shape index (κ3) is 3.92. The van der Waals surface area contributed by atoms with Gasteiger partial charge >= 0.3 is 11.8 Å². The monoisotopic (exact) mass is 184 g/mol. The Bertz CT molecular complexity index is 200. The van der Waals surface area contributed by atoms with Crippen LogP contribution in [-0.2, 0) is 9.59 Å². The molecule has 0 radical (unpaired) electrons. The van der Waals surface area contributed by atoms with Crippen LogP contribution in [0.1, 0.15) is 32.6 Å². The molecule has 13 heavy (non-hydrogen) atoms. The van der Waals surface area contributed by atoms with Crippen LogP contribution in [0.3, 0.4) is 0 Å². The third-order valence-electron chi connectivity index (χ3n) is 1.93. The van der Waals surface area contributed by atoms with E-state index >= 15 is 0 Å². The molecule has 1 aliphatic rings. The van der Waals surface area contributed by atoms with Gasteiger partial charge in [-0.3, -0.25) is 9.59 Å². The highest BCUT2D eigenvalue weighted by atomic mass is 16.2. The zero-order chi connectivity index (χ0) is 9.68. The Kier molecular flexibility index (Phi) is 3.73. The summed E-state index contributed by atoms with van der Waals surface area (Å²) in [6.45, 7) is 2.63. The molecule has 0 aromatic rings. The van der Waals surface area contributed by atoms with E-state index in [4.69, 9.17) is 0 Å². The highest BCUT2D eigenvalue weighted by molar-refractivity contribution is 6.35.